The Kier molecular flexibility index (Phi) is 3.42. The molecule has 0 radical (unpaired) electrons. The smallest absolute Gasteiger partial charge is 0.257 e. The highest BCUT2D eigenvalue weighted by molar-refractivity contribution is 6.03. The third kappa shape index (κ3) is 2.48. The van der Waals surface area contributed by atoms with E-state index in [1.54, 1.807) is 18.3 Å². The zero-order chi connectivity index (χ0) is 16.5. The lowest BCUT2D eigenvalue weighted by Crippen LogP contribution is -2.15. The van der Waals surface area contributed by atoms with Crippen molar-refractivity contribution in [2.24, 2.45) is 7.05 Å². The molecule has 0 unspecified atom stereocenters. The number of hydrogen-bond acceptors (Lipinski definition) is 4. The molecule has 6 heteroatoms. The van der Waals surface area contributed by atoms with E-state index in [2.05, 4.69) is 10.3 Å². The number of anilines is 1. The third-order valence-corrected chi connectivity index (χ3v) is 3.92. The second-order valence-corrected chi connectivity index (χ2v) is 5.41. The van der Waals surface area contributed by atoms with Crippen LogP contribution < -0.4 is 14.8 Å². The van der Waals surface area contributed by atoms with E-state index < -0.39 is 0 Å². The van der Waals surface area contributed by atoms with Crippen molar-refractivity contribution in [3.05, 3.63) is 60.3 Å². The van der Waals surface area contributed by atoms with Gasteiger partial charge in [-0.05, 0) is 30.3 Å². The highest BCUT2D eigenvalue weighted by Gasteiger charge is 2.17. The number of nitrogens with one attached hydrogen (secondary N) is 1. The van der Waals surface area contributed by atoms with Gasteiger partial charge in [0.1, 0.15) is 0 Å². The van der Waals surface area contributed by atoms with Gasteiger partial charge >= 0.3 is 0 Å². The number of ether oxygens (including phenoxy) is 2. The molecule has 1 aromatic heterocycles. The molecule has 1 amide bonds. The van der Waals surface area contributed by atoms with Crippen LogP contribution in [0.1, 0.15) is 10.4 Å². The van der Waals surface area contributed by atoms with Crippen LogP contribution in [0, 0.1) is 0 Å². The summed E-state index contributed by atoms with van der Waals surface area (Å²) in [5.41, 5.74) is 2.40. The van der Waals surface area contributed by atoms with Crippen molar-refractivity contribution in [3.8, 4) is 22.8 Å². The van der Waals surface area contributed by atoms with Gasteiger partial charge in [-0.1, -0.05) is 18.2 Å². The normalized spacial score (nSPS) is 12.2. The Morgan fingerprint density at radius 1 is 1.12 bits per heavy atom. The SMILES string of the molecule is Cn1c(-c2ccc3c(c2)OCO3)cnc1NC(=O)c1ccccc1. The maximum Gasteiger partial charge on any atom is 0.257 e. The number of amides is 1. The van der Waals surface area contributed by atoms with Crippen LogP contribution in [0.15, 0.2) is 54.7 Å². The summed E-state index contributed by atoms with van der Waals surface area (Å²) in [5, 5.41) is 2.83. The second kappa shape index (κ2) is 5.73. The maximum atomic E-state index is 12.3. The number of imidazole rings is 1. The van der Waals surface area contributed by atoms with E-state index in [4.69, 9.17) is 9.47 Å². The summed E-state index contributed by atoms with van der Waals surface area (Å²) < 4.78 is 12.6. The molecule has 1 N–H and O–H groups in total. The van der Waals surface area contributed by atoms with Crippen molar-refractivity contribution < 1.29 is 14.3 Å². The lowest BCUT2D eigenvalue weighted by molar-refractivity contribution is 0.102. The fraction of sp³-hybridized carbons (Fsp3) is 0.111. The molecule has 0 aliphatic carbocycles. The minimum atomic E-state index is -0.193. The Bertz CT molecular complexity index is 903. The van der Waals surface area contributed by atoms with Crippen LogP contribution >= 0.6 is 0 Å². The maximum absolute atomic E-state index is 12.3. The summed E-state index contributed by atoms with van der Waals surface area (Å²) in [6, 6.07) is 14.8. The predicted octanol–water partition coefficient (Wildman–Crippen LogP) is 3.07. The monoisotopic (exact) mass is 321 g/mol. The molecular formula is C18H15N3O3. The van der Waals surface area contributed by atoms with Gasteiger partial charge < -0.3 is 14.0 Å². The summed E-state index contributed by atoms with van der Waals surface area (Å²) in [7, 11) is 1.85. The molecule has 24 heavy (non-hydrogen) atoms. The molecule has 0 spiro atoms. The van der Waals surface area contributed by atoms with Crippen LogP contribution in [0.5, 0.6) is 11.5 Å². The number of carbonyl (C=O) groups is 1. The van der Waals surface area contributed by atoms with Gasteiger partial charge in [0.05, 0.1) is 11.9 Å². The van der Waals surface area contributed by atoms with Crippen LogP contribution in [-0.4, -0.2) is 22.3 Å². The Balaban J connectivity index is 1.61. The van der Waals surface area contributed by atoms with Crippen LogP contribution in [0.25, 0.3) is 11.3 Å². The Hall–Kier alpha value is -3.28. The fourth-order valence-corrected chi connectivity index (χ4v) is 2.61. The van der Waals surface area contributed by atoms with Gasteiger partial charge in [0.2, 0.25) is 12.7 Å². The number of rotatable bonds is 3. The first kappa shape index (κ1) is 14.3. The number of aromatic nitrogens is 2. The first-order chi connectivity index (χ1) is 11.7. The molecule has 120 valence electrons. The van der Waals surface area contributed by atoms with E-state index in [1.807, 2.05) is 48.0 Å². The average Bonchev–Trinajstić information content (AvgIpc) is 3.22. The van der Waals surface area contributed by atoms with Crippen molar-refractivity contribution in [2.45, 2.75) is 0 Å². The van der Waals surface area contributed by atoms with Gasteiger partial charge in [-0.2, -0.15) is 0 Å². The number of hydrogen-bond donors (Lipinski definition) is 1. The lowest BCUT2D eigenvalue weighted by Gasteiger charge is -2.08. The lowest BCUT2D eigenvalue weighted by atomic mass is 10.1. The van der Waals surface area contributed by atoms with Crippen LogP contribution in [0.3, 0.4) is 0 Å². The number of carbonyl (C=O) groups excluding carboxylic acids is 1. The number of benzene rings is 2. The van der Waals surface area contributed by atoms with Gasteiger partial charge in [-0.25, -0.2) is 4.98 Å². The number of fused-ring (bicyclic) bond motifs is 1. The molecule has 0 saturated carbocycles. The number of nitrogens with zero attached hydrogens (tertiary/aromatic N) is 2. The zero-order valence-electron chi connectivity index (χ0n) is 13.0. The third-order valence-electron chi connectivity index (χ3n) is 3.92. The molecule has 0 atom stereocenters. The molecule has 1 aliphatic heterocycles. The molecule has 0 bridgehead atoms. The van der Waals surface area contributed by atoms with E-state index in [0.717, 1.165) is 17.0 Å². The highest BCUT2D eigenvalue weighted by atomic mass is 16.7. The quantitative estimate of drug-likeness (QED) is 0.805. The zero-order valence-corrected chi connectivity index (χ0v) is 13.0. The largest absolute Gasteiger partial charge is 0.454 e. The summed E-state index contributed by atoms with van der Waals surface area (Å²) in [6.45, 7) is 0.239. The summed E-state index contributed by atoms with van der Waals surface area (Å²) >= 11 is 0. The van der Waals surface area contributed by atoms with Gasteiger partial charge in [0.25, 0.3) is 5.91 Å². The first-order valence-corrected chi connectivity index (χ1v) is 7.50. The summed E-state index contributed by atoms with van der Waals surface area (Å²) in [4.78, 5) is 16.6. The molecular weight excluding hydrogens is 306 g/mol. The predicted molar refractivity (Wildman–Crippen MR) is 89.2 cm³/mol. The molecule has 3 aromatic rings. The Morgan fingerprint density at radius 2 is 1.92 bits per heavy atom. The van der Waals surface area contributed by atoms with E-state index in [9.17, 15) is 4.79 Å². The molecule has 1 aliphatic rings. The van der Waals surface area contributed by atoms with Gasteiger partial charge in [-0.3, -0.25) is 10.1 Å². The minimum absolute atomic E-state index is 0.193. The van der Waals surface area contributed by atoms with Gasteiger partial charge in [0, 0.05) is 18.2 Å². The van der Waals surface area contributed by atoms with Crippen molar-refractivity contribution in [2.75, 3.05) is 12.1 Å². The highest BCUT2D eigenvalue weighted by Crippen LogP contribution is 2.36. The van der Waals surface area contributed by atoms with Gasteiger partial charge in [-0.15, -0.1) is 0 Å². The fourth-order valence-electron chi connectivity index (χ4n) is 2.61. The van der Waals surface area contributed by atoms with Crippen LogP contribution in [0.2, 0.25) is 0 Å². The van der Waals surface area contributed by atoms with E-state index in [1.165, 1.54) is 0 Å². The molecule has 0 fully saturated rings. The summed E-state index contributed by atoms with van der Waals surface area (Å²) in [6.07, 6.45) is 1.72. The average molecular weight is 321 g/mol. The van der Waals surface area contributed by atoms with Gasteiger partial charge in [0.15, 0.2) is 11.5 Å². The standard InChI is InChI=1S/C18H15N3O3/c1-21-14(13-7-8-15-16(9-13)24-11-23-15)10-19-18(21)20-17(22)12-5-3-2-4-6-12/h2-10H,11H2,1H3,(H,19,20,22). The topological polar surface area (TPSA) is 65.4 Å². The molecule has 2 aromatic carbocycles. The molecule has 6 nitrogen and oxygen atoms in total. The Morgan fingerprint density at radius 3 is 2.75 bits per heavy atom. The molecule has 2 heterocycles. The van der Waals surface area contributed by atoms with Crippen molar-refractivity contribution in [1.29, 1.82) is 0 Å². The van der Waals surface area contributed by atoms with Crippen LogP contribution in [-0.2, 0) is 7.05 Å². The van der Waals surface area contributed by atoms with E-state index in [0.29, 0.717) is 17.3 Å². The van der Waals surface area contributed by atoms with E-state index in [-0.39, 0.29) is 12.7 Å². The summed E-state index contributed by atoms with van der Waals surface area (Å²) in [5.74, 6) is 1.74. The molecule has 0 saturated heterocycles. The minimum Gasteiger partial charge on any atom is -0.454 e. The van der Waals surface area contributed by atoms with Crippen molar-refractivity contribution in [1.82, 2.24) is 9.55 Å². The second-order valence-electron chi connectivity index (χ2n) is 5.41. The molecule has 4 rings (SSSR count). The van der Waals surface area contributed by atoms with Crippen molar-refractivity contribution in [3.63, 3.8) is 0 Å². The Labute approximate surface area is 138 Å². The first-order valence-electron chi connectivity index (χ1n) is 7.50. The van der Waals surface area contributed by atoms with Crippen molar-refractivity contribution >= 4 is 11.9 Å². The van der Waals surface area contributed by atoms with Crippen LogP contribution in [0.4, 0.5) is 5.95 Å². The van der Waals surface area contributed by atoms with E-state index >= 15 is 0 Å².